The lowest BCUT2D eigenvalue weighted by Crippen LogP contribution is -3.07. The van der Waals surface area contributed by atoms with Gasteiger partial charge in [-0.15, -0.1) is 0 Å². The molecule has 6 heteroatoms. The number of ether oxygens (including phenoxy) is 1. The molecule has 1 heterocycles. The van der Waals surface area contributed by atoms with Gasteiger partial charge in [0.25, 0.3) is 0 Å². The Hall–Kier alpha value is -2.49. The Labute approximate surface area is 153 Å². The van der Waals surface area contributed by atoms with Crippen molar-refractivity contribution in [1.29, 1.82) is 5.26 Å². The third-order valence-electron chi connectivity index (χ3n) is 3.95. The van der Waals surface area contributed by atoms with E-state index < -0.39 is 5.97 Å². The smallest absolute Gasteiger partial charge is 0.339 e. The zero-order valence-corrected chi connectivity index (χ0v) is 15.5. The lowest BCUT2D eigenvalue weighted by Gasteiger charge is -2.20. The van der Waals surface area contributed by atoms with Gasteiger partial charge in [0.15, 0.2) is 6.67 Å². The van der Waals surface area contributed by atoms with Crippen LogP contribution in [0.3, 0.4) is 0 Å². The first-order chi connectivity index (χ1) is 12.0. The van der Waals surface area contributed by atoms with Gasteiger partial charge in [-0.2, -0.15) is 5.26 Å². The SMILES string of the molecule is CCOC(=O)c1cc(C#N)c(=S)n(C[NH+](C)Cc2ccccc2)c1C. The highest BCUT2D eigenvalue weighted by molar-refractivity contribution is 7.71. The molecule has 0 amide bonds. The first-order valence-electron chi connectivity index (χ1n) is 8.14. The highest BCUT2D eigenvalue weighted by Crippen LogP contribution is 2.14. The Balaban J connectivity index is 2.36. The third kappa shape index (κ3) is 4.53. The van der Waals surface area contributed by atoms with Crippen molar-refractivity contribution >= 4 is 18.2 Å². The lowest BCUT2D eigenvalue weighted by molar-refractivity contribution is -0.917. The van der Waals surface area contributed by atoms with E-state index in [1.165, 1.54) is 16.5 Å². The summed E-state index contributed by atoms with van der Waals surface area (Å²) in [6.07, 6.45) is 0. The third-order valence-corrected chi connectivity index (χ3v) is 4.39. The molecular weight excluding hydrogens is 334 g/mol. The van der Waals surface area contributed by atoms with E-state index in [-0.39, 0.29) is 6.61 Å². The van der Waals surface area contributed by atoms with Crippen LogP contribution in [-0.4, -0.2) is 24.2 Å². The molecule has 1 aromatic carbocycles. The summed E-state index contributed by atoms with van der Waals surface area (Å²) in [5.74, 6) is -0.430. The quantitative estimate of drug-likeness (QED) is 0.637. The molecule has 0 radical (unpaired) electrons. The Bertz CT molecular complexity index is 853. The van der Waals surface area contributed by atoms with Crippen molar-refractivity contribution in [2.75, 3.05) is 13.7 Å². The predicted octanol–water partition coefficient (Wildman–Crippen LogP) is 2.25. The van der Waals surface area contributed by atoms with Crippen LogP contribution >= 0.6 is 12.2 Å². The van der Waals surface area contributed by atoms with Gasteiger partial charge in [0.05, 0.1) is 24.8 Å². The molecule has 130 valence electrons. The molecule has 0 aliphatic rings. The number of pyridine rings is 1. The number of quaternary nitrogens is 1. The summed E-state index contributed by atoms with van der Waals surface area (Å²) in [5.41, 5.74) is 2.64. The number of hydrogen-bond donors (Lipinski definition) is 1. The zero-order chi connectivity index (χ0) is 18.4. The normalized spacial score (nSPS) is 11.6. The summed E-state index contributed by atoms with van der Waals surface area (Å²) in [7, 11) is 2.05. The van der Waals surface area contributed by atoms with Gasteiger partial charge < -0.3 is 9.64 Å². The molecule has 1 aromatic heterocycles. The Morgan fingerprint density at radius 2 is 2.04 bits per heavy atom. The van der Waals surface area contributed by atoms with E-state index in [2.05, 4.69) is 25.2 Å². The second kappa shape index (κ2) is 8.56. The Kier molecular flexibility index (Phi) is 6.45. The minimum Gasteiger partial charge on any atom is -0.462 e. The van der Waals surface area contributed by atoms with Crippen LogP contribution in [0.1, 0.15) is 34.1 Å². The molecule has 1 N–H and O–H groups in total. The van der Waals surface area contributed by atoms with E-state index in [0.717, 1.165) is 12.2 Å². The second-order valence-corrected chi connectivity index (χ2v) is 6.29. The van der Waals surface area contributed by atoms with Crippen molar-refractivity contribution in [3.63, 3.8) is 0 Å². The van der Waals surface area contributed by atoms with Crippen molar-refractivity contribution in [3.05, 3.63) is 63.4 Å². The number of hydrogen-bond acceptors (Lipinski definition) is 4. The van der Waals surface area contributed by atoms with Gasteiger partial charge in [-0.05, 0) is 19.9 Å². The van der Waals surface area contributed by atoms with Gasteiger partial charge in [-0.1, -0.05) is 42.5 Å². The fourth-order valence-electron chi connectivity index (χ4n) is 2.71. The summed E-state index contributed by atoms with van der Waals surface area (Å²) in [5, 5.41) is 9.35. The summed E-state index contributed by atoms with van der Waals surface area (Å²) < 4.78 is 7.39. The standard InChI is InChI=1S/C19H21N3O2S/c1-4-24-19(23)17-10-16(11-20)18(25)22(14(17)2)13-21(3)12-15-8-6-5-7-9-15/h5-10H,4,12-13H2,1-3H3/p+1. The highest BCUT2D eigenvalue weighted by atomic mass is 32.1. The monoisotopic (exact) mass is 356 g/mol. The summed E-state index contributed by atoms with van der Waals surface area (Å²) >= 11 is 5.45. The molecule has 0 aliphatic carbocycles. The van der Waals surface area contributed by atoms with Crippen molar-refractivity contribution < 1.29 is 14.4 Å². The maximum atomic E-state index is 12.2. The van der Waals surface area contributed by atoms with Crippen molar-refractivity contribution in [2.45, 2.75) is 27.1 Å². The fourth-order valence-corrected chi connectivity index (χ4v) is 3.02. The molecule has 2 rings (SSSR count). The number of esters is 1. The molecule has 0 spiro atoms. The molecule has 0 aliphatic heterocycles. The van der Waals surface area contributed by atoms with Gasteiger partial charge in [0.1, 0.15) is 17.3 Å². The fraction of sp³-hybridized carbons (Fsp3) is 0.316. The van der Waals surface area contributed by atoms with Crippen LogP contribution in [0, 0.1) is 22.9 Å². The molecule has 2 aromatic rings. The van der Waals surface area contributed by atoms with Gasteiger partial charge in [0.2, 0.25) is 0 Å². The minimum atomic E-state index is -0.430. The predicted molar refractivity (Wildman–Crippen MR) is 97.7 cm³/mol. The molecule has 25 heavy (non-hydrogen) atoms. The van der Waals surface area contributed by atoms with Gasteiger partial charge in [-0.3, -0.25) is 4.57 Å². The molecule has 1 unspecified atom stereocenters. The summed E-state index contributed by atoms with van der Waals surface area (Å²) in [6.45, 7) is 5.24. The molecule has 1 atom stereocenters. The highest BCUT2D eigenvalue weighted by Gasteiger charge is 2.18. The van der Waals surface area contributed by atoms with Crippen LogP contribution in [0.2, 0.25) is 0 Å². The number of nitriles is 1. The average Bonchev–Trinajstić information content (AvgIpc) is 2.60. The Morgan fingerprint density at radius 3 is 2.64 bits per heavy atom. The minimum absolute atomic E-state index is 0.287. The van der Waals surface area contributed by atoms with E-state index >= 15 is 0 Å². The topological polar surface area (TPSA) is 59.5 Å². The van der Waals surface area contributed by atoms with Gasteiger partial charge in [-0.25, -0.2) is 4.79 Å². The lowest BCUT2D eigenvalue weighted by atomic mass is 10.1. The largest absolute Gasteiger partial charge is 0.462 e. The molecule has 0 bridgehead atoms. The molecule has 5 nitrogen and oxygen atoms in total. The molecular formula is C19H22N3O2S+. The van der Waals surface area contributed by atoms with Crippen molar-refractivity contribution in [2.24, 2.45) is 0 Å². The average molecular weight is 356 g/mol. The molecule has 0 saturated heterocycles. The first kappa shape index (κ1) is 18.8. The van der Waals surface area contributed by atoms with Crippen LogP contribution in [0.25, 0.3) is 0 Å². The molecule has 0 saturated carbocycles. The van der Waals surface area contributed by atoms with Crippen LogP contribution in [0.5, 0.6) is 0 Å². The number of carbonyl (C=O) groups is 1. The number of nitrogens with one attached hydrogen (secondary N) is 1. The first-order valence-corrected chi connectivity index (χ1v) is 8.55. The Morgan fingerprint density at radius 1 is 1.36 bits per heavy atom. The number of aromatic nitrogens is 1. The maximum absolute atomic E-state index is 12.2. The van der Waals surface area contributed by atoms with Crippen LogP contribution in [-0.2, 0) is 18.0 Å². The van der Waals surface area contributed by atoms with E-state index in [1.54, 1.807) is 6.92 Å². The number of carbonyl (C=O) groups excluding carboxylic acids is 1. The number of benzene rings is 1. The van der Waals surface area contributed by atoms with E-state index in [1.807, 2.05) is 29.7 Å². The summed E-state index contributed by atoms with van der Waals surface area (Å²) in [4.78, 5) is 13.4. The van der Waals surface area contributed by atoms with Crippen LogP contribution in [0.15, 0.2) is 36.4 Å². The number of rotatable bonds is 6. The van der Waals surface area contributed by atoms with Gasteiger partial charge >= 0.3 is 5.97 Å². The van der Waals surface area contributed by atoms with Crippen LogP contribution in [0.4, 0.5) is 0 Å². The van der Waals surface area contributed by atoms with E-state index in [9.17, 15) is 10.1 Å². The summed E-state index contributed by atoms with van der Waals surface area (Å²) in [6, 6.07) is 13.8. The second-order valence-electron chi connectivity index (χ2n) is 5.90. The van der Waals surface area contributed by atoms with Crippen molar-refractivity contribution in [1.82, 2.24) is 4.57 Å². The van der Waals surface area contributed by atoms with E-state index in [4.69, 9.17) is 17.0 Å². The van der Waals surface area contributed by atoms with Crippen LogP contribution < -0.4 is 4.90 Å². The van der Waals surface area contributed by atoms with E-state index in [0.29, 0.717) is 22.4 Å². The molecule has 0 fully saturated rings. The number of nitrogens with zero attached hydrogens (tertiary/aromatic N) is 2. The zero-order valence-electron chi connectivity index (χ0n) is 14.7. The van der Waals surface area contributed by atoms with Crippen molar-refractivity contribution in [3.8, 4) is 6.07 Å². The maximum Gasteiger partial charge on any atom is 0.339 e. The van der Waals surface area contributed by atoms with Gasteiger partial charge in [0, 0.05) is 11.3 Å².